The monoisotopic (exact) mass is 390 g/mol. The number of amides is 2. The van der Waals surface area contributed by atoms with E-state index in [0.717, 1.165) is 0 Å². The van der Waals surface area contributed by atoms with Crippen molar-refractivity contribution < 1.29 is 19.1 Å². The lowest BCUT2D eigenvalue weighted by Crippen LogP contribution is -2.34. The standard InChI is InChI=1S/C17H15BrN2O4/c1-9-16(21)20-13-8-11(4-6-15(13)24-9)19-17(22)10-3-5-14(23-2)12(18)7-10/h3-9H,1-2H3,(H,19,22)(H,20,21)/t9-/m1/s1. The van der Waals surface area contributed by atoms with Crippen molar-refractivity contribution in [2.24, 2.45) is 0 Å². The molecule has 24 heavy (non-hydrogen) atoms. The molecule has 0 radical (unpaired) electrons. The fourth-order valence-corrected chi connectivity index (χ4v) is 2.84. The van der Waals surface area contributed by atoms with Crippen LogP contribution in [0.3, 0.4) is 0 Å². The van der Waals surface area contributed by atoms with Crippen LogP contribution in [-0.2, 0) is 4.79 Å². The quantitative estimate of drug-likeness (QED) is 0.841. The molecule has 7 heteroatoms. The van der Waals surface area contributed by atoms with E-state index in [2.05, 4.69) is 26.6 Å². The highest BCUT2D eigenvalue weighted by Crippen LogP contribution is 2.32. The number of halogens is 1. The molecule has 2 N–H and O–H groups in total. The molecule has 3 rings (SSSR count). The summed E-state index contributed by atoms with van der Waals surface area (Å²) in [6, 6.07) is 10.2. The first-order chi connectivity index (χ1) is 11.5. The smallest absolute Gasteiger partial charge is 0.265 e. The number of hydrogen-bond donors (Lipinski definition) is 2. The van der Waals surface area contributed by atoms with Gasteiger partial charge in [0.1, 0.15) is 11.5 Å². The van der Waals surface area contributed by atoms with Crippen LogP contribution in [0.2, 0.25) is 0 Å². The number of benzene rings is 2. The van der Waals surface area contributed by atoms with Crippen molar-refractivity contribution in [2.45, 2.75) is 13.0 Å². The first kappa shape index (κ1) is 16.3. The molecule has 1 aliphatic rings. The van der Waals surface area contributed by atoms with Crippen molar-refractivity contribution in [2.75, 3.05) is 17.7 Å². The Morgan fingerprint density at radius 2 is 2.08 bits per heavy atom. The van der Waals surface area contributed by atoms with Crippen LogP contribution in [0.25, 0.3) is 0 Å². The molecule has 1 aliphatic heterocycles. The Labute approximate surface area is 147 Å². The minimum atomic E-state index is -0.533. The van der Waals surface area contributed by atoms with Crippen LogP contribution in [0.4, 0.5) is 11.4 Å². The van der Waals surface area contributed by atoms with Gasteiger partial charge in [-0.05, 0) is 59.3 Å². The number of nitrogens with one attached hydrogen (secondary N) is 2. The van der Waals surface area contributed by atoms with E-state index in [0.29, 0.717) is 32.9 Å². The van der Waals surface area contributed by atoms with E-state index in [1.54, 1.807) is 50.4 Å². The highest BCUT2D eigenvalue weighted by molar-refractivity contribution is 9.10. The van der Waals surface area contributed by atoms with Crippen LogP contribution in [0.15, 0.2) is 40.9 Å². The summed E-state index contributed by atoms with van der Waals surface area (Å²) in [6.45, 7) is 1.68. The van der Waals surface area contributed by atoms with Crippen molar-refractivity contribution >= 4 is 39.1 Å². The molecule has 2 aromatic carbocycles. The average Bonchev–Trinajstić information content (AvgIpc) is 2.56. The highest BCUT2D eigenvalue weighted by Gasteiger charge is 2.23. The number of carbonyl (C=O) groups is 2. The van der Waals surface area contributed by atoms with Crippen molar-refractivity contribution in [3.05, 3.63) is 46.4 Å². The fraction of sp³-hybridized carbons (Fsp3) is 0.176. The molecule has 0 aliphatic carbocycles. The lowest BCUT2D eigenvalue weighted by atomic mass is 10.1. The molecule has 0 saturated heterocycles. The number of rotatable bonds is 3. The van der Waals surface area contributed by atoms with Gasteiger partial charge in [0, 0.05) is 11.3 Å². The zero-order valence-electron chi connectivity index (χ0n) is 13.1. The molecular formula is C17H15BrN2O4. The summed E-state index contributed by atoms with van der Waals surface area (Å²) in [7, 11) is 1.56. The largest absolute Gasteiger partial charge is 0.496 e. The first-order valence-electron chi connectivity index (χ1n) is 7.24. The number of hydrogen-bond acceptors (Lipinski definition) is 4. The lowest BCUT2D eigenvalue weighted by molar-refractivity contribution is -0.122. The Morgan fingerprint density at radius 3 is 2.79 bits per heavy atom. The summed E-state index contributed by atoms with van der Waals surface area (Å²) >= 11 is 3.35. The summed E-state index contributed by atoms with van der Waals surface area (Å²) in [5, 5.41) is 5.54. The Balaban J connectivity index is 1.79. The van der Waals surface area contributed by atoms with E-state index in [1.165, 1.54) is 0 Å². The van der Waals surface area contributed by atoms with Gasteiger partial charge >= 0.3 is 0 Å². The number of carbonyl (C=O) groups excluding carboxylic acids is 2. The van der Waals surface area contributed by atoms with Gasteiger partial charge in [0.15, 0.2) is 6.10 Å². The molecule has 0 unspecified atom stereocenters. The van der Waals surface area contributed by atoms with Gasteiger partial charge in [-0.1, -0.05) is 0 Å². The first-order valence-corrected chi connectivity index (χ1v) is 8.03. The summed E-state index contributed by atoms with van der Waals surface area (Å²) in [5.41, 5.74) is 1.57. The number of ether oxygens (including phenoxy) is 2. The molecule has 2 amide bonds. The third-order valence-corrected chi connectivity index (χ3v) is 4.20. The van der Waals surface area contributed by atoms with Gasteiger partial charge in [0.05, 0.1) is 17.3 Å². The summed E-state index contributed by atoms with van der Waals surface area (Å²) in [4.78, 5) is 24.0. The van der Waals surface area contributed by atoms with Gasteiger partial charge in [-0.3, -0.25) is 9.59 Å². The van der Waals surface area contributed by atoms with Gasteiger partial charge < -0.3 is 20.1 Å². The molecule has 0 spiro atoms. The molecule has 0 saturated carbocycles. The minimum absolute atomic E-state index is 0.218. The Bertz CT molecular complexity index is 822. The van der Waals surface area contributed by atoms with Gasteiger partial charge in [0.2, 0.25) is 0 Å². The second kappa shape index (κ2) is 6.52. The van der Waals surface area contributed by atoms with Gasteiger partial charge in [0.25, 0.3) is 11.8 Å². The minimum Gasteiger partial charge on any atom is -0.496 e. The fourth-order valence-electron chi connectivity index (χ4n) is 2.30. The average molecular weight is 391 g/mol. The molecular weight excluding hydrogens is 376 g/mol. The Morgan fingerprint density at radius 1 is 1.29 bits per heavy atom. The molecule has 1 heterocycles. The van der Waals surface area contributed by atoms with Crippen LogP contribution in [-0.4, -0.2) is 25.0 Å². The molecule has 6 nitrogen and oxygen atoms in total. The van der Waals surface area contributed by atoms with Crippen molar-refractivity contribution in [1.82, 2.24) is 0 Å². The molecule has 0 bridgehead atoms. The number of methoxy groups -OCH3 is 1. The third kappa shape index (κ3) is 3.21. The van der Waals surface area contributed by atoms with Crippen LogP contribution in [0.1, 0.15) is 17.3 Å². The number of fused-ring (bicyclic) bond motifs is 1. The highest BCUT2D eigenvalue weighted by atomic mass is 79.9. The predicted molar refractivity (Wildman–Crippen MR) is 93.8 cm³/mol. The SMILES string of the molecule is COc1ccc(C(=O)Nc2ccc3c(c2)NC(=O)[C@@H](C)O3)cc1Br. The van der Waals surface area contributed by atoms with E-state index >= 15 is 0 Å². The van der Waals surface area contributed by atoms with E-state index in [4.69, 9.17) is 9.47 Å². The van der Waals surface area contributed by atoms with E-state index in [9.17, 15) is 9.59 Å². The van der Waals surface area contributed by atoms with E-state index in [-0.39, 0.29) is 11.8 Å². The van der Waals surface area contributed by atoms with Gasteiger partial charge in [-0.2, -0.15) is 0 Å². The van der Waals surface area contributed by atoms with Crippen LogP contribution < -0.4 is 20.1 Å². The summed E-state index contributed by atoms with van der Waals surface area (Å²) in [6.07, 6.45) is -0.533. The Kier molecular flexibility index (Phi) is 4.44. The topological polar surface area (TPSA) is 76.7 Å². The van der Waals surface area contributed by atoms with Crippen LogP contribution in [0, 0.1) is 0 Å². The second-order valence-electron chi connectivity index (χ2n) is 5.26. The zero-order valence-corrected chi connectivity index (χ0v) is 14.6. The van der Waals surface area contributed by atoms with Crippen molar-refractivity contribution in [3.63, 3.8) is 0 Å². The lowest BCUT2D eigenvalue weighted by Gasteiger charge is -2.23. The molecule has 2 aromatic rings. The molecule has 124 valence electrons. The van der Waals surface area contributed by atoms with Gasteiger partial charge in [-0.25, -0.2) is 0 Å². The summed E-state index contributed by atoms with van der Waals surface area (Å²) in [5.74, 6) is 0.737. The van der Waals surface area contributed by atoms with Crippen molar-refractivity contribution in [3.8, 4) is 11.5 Å². The normalized spacial score (nSPS) is 15.8. The predicted octanol–water partition coefficient (Wildman–Crippen LogP) is 3.43. The zero-order chi connectivity index (χ0) is 17.3. The molecule has 0 fully saturated rings. The maximum absolute atomic E-state index is 12.4. The third-order valence-electron chi connectivity index (χ3n) is 3.58. The van der Waals surface area contributed by atoms with Crippen LogP contribution >= 0.6 is 15.9 Å². The van der Waals surface area contributed by atoms with Crippen molar-refractivity contribution in [1.29, 1.82) is 0 Å². The molecule has 0 aromatic heterocycles. The number of anilines is 2. The maximum atomic E-state index is 12.4. The van der Waals surface area contributed by atoms with Crippen LogP contribution in [0.5, 0.6) is 11.5 Å². The maximum Gasteiger partial charge on any atom is 0.265 e. The molecule has 1 atom stereocenters. The summed E-state index contributed by atoms with van der Waals surface area (Å²) < 4.78 is 11.3. The second-order valence-corrected chi connectivity index (χ2v) is 6.12. The van der Waals surface area contributed by atoms with Gasteiger partial charge in [-0.15, -0.1) is 0 Å². The van der Waals surface area contributed by atoms with E-state index in [1.807, 2.05) is 0 Å². The van der Waals surface area contributed by atoms with E-state index < -0.39 is 6.10 Å². The Hall–Kier alpha value is -2.54.